The van der Waals surface area contributed by atoms with Gasteiger partial charge in [-0.1, -0.05) is 30.3 Å². The molecule has 0 aliphatic rings. The fourth-order valence-corrected chi connectivity index (χ4v) is 6.00. The van der Waals surface area contributed by atoms with E-state index in [9.17, 15) is 8.42 Å². The summed E-state index contributed by atoms with van der Waals surface area (Å²) in [6, 6.07) is 21.9. The van der Waals surface area contributed by atoms with E-state index in [1.165, 1.54) is 4.31 Å². The number of rotatable bonds is 13. The summed E-state index contributed by atoms with van der Waals surface area (Å²) >= 11 is 0. The Morgan fingerprint density at radius 2 is 1.67 bits per heavy atom. The summed E-state index contributed by atoms with van der Waals surface area (Å²) in [5.74, 6) is 1.91. The van der Waals surface area contributed by atoms with Crippen LogP contribution in [0, 0.1) is 0 Å². The molecular weight excluding hydrogens is 514 g/mol. The van der Waals surface area contributed by atoms with Crippen LogP contribution in [0.15, 0.2) is 83.9 Å². The topological polar surface area (TPSA) is 90.0 Å². The Morgan fingerprint density at radius 3 is 2.38 bits per heavy atom. The van der Waals surface area contributed by atoms with Gasteiger partial charge in [0.2, 0.25) is 10.0 Å². The highest BCUT2D eigenvalue weighted by Gasteiger charge is 2.25. The second kappa shape index (κ2) is 12.8. The molecule has 8 nitrogen and oxygen atoms in total. The van der Waals surface area contributed by atoms with Crippen LogP contribution in [0.1, 0.15) is 25.3 Å². The molecule has 0 bridgehead atoms. The van der Waals surface area contributed by atoms with Crippen LogP contribution in [0.3, 0.4) is 0 Å². The van der Waals surface area contributed by atoms with Crippen molar-refractivity contribution in [2.24, 2.45) is 0 Å². The minimum absolute atomic E-state index is 0.0738. The molecule has 0 spiro atoms. The molecule has 3 aromatic carbocycles. The average molecular weight is 550 g/mol. The fourth-order valence-electron chi connectivity index (χ4n) is 4.51. The van der Waals surface area contributed by atoms with E-state index in [0.717, 1.165) is 34.3 Å². The quantitative estimate of drug-likeness (QED) is 0.228. The lowest BCUT2D eigenvalue weighted by Crippen LogP contribution is -2.32. The van der Waals surface area contributed by atoms with Gasteiger partial charge in [0, 0.05) is 36.8 Å². The normalized spacial score (nSPS) is 12.3. The third kappa shape index (κ3) is 6.79. The third-order valence-electron chi connectivity index (χ3n) is 6.55. The van der Waals surface area contributed by atoms with E-state index in [1.54, 1.807) is 57.9 Å². The first-order chi connectivity index (χ1) is 18.8. The van der Waals surface area contributed by atoms with Gasteiger partial charge in [-0.25, -0.2) is 8.42 Å². The Hall–Kier alpha value is -3.82. The number of aromatic nitrogens is 1. The van der Waals surface area contributed by atoms with Gasteiger partial charge in [-0.2, -0.15) is 4.31 Å². The van der Waals surface area contributed by atoms with Crippen molar-refractivity contribution in [2.75, 3.05) is 33.2 Å². The van der Waals surface area contributed by atoms with Crippen LogP contribution in [0.4, 0.5) is 5.69 Å². The molecule has 1 heterocycles. The molecule has 0 aliphatic heterocycles. The molecule has 4 aromatic rings. The maximum atomic E-state index is 13.6. The van der Waals surface area contributed by atoms with Crippen molar-refractivity contribution in [3.63, 3.8) is 0 Å². The SMILES string of the molecule is COc1cc(NC(C)CCCN(Cc2ccc(OC)c(OC)c2)S(=O)(=O)c2ccccc2)c2ncccc2c1. The number of hydrogen-bond donors (Lipinski definition) is 1. The lowest BCUT2D eigenvalue weighted by Gasteiger charge is -2.24. The monoisotopic (exact) mass is 549 g/mol. The number of ether oxygens (including phenoxy) is 3. The molecular formula is C30H35N3O5S. The van der Waals surface area contributed by atoms with Gasteiger partial charge in [-0.3, -0.25) is 4.98 Å². The van der Waals surface area contributed by atoms with Crippen molar-refractivity contribution >= 4 is 26.6 Å². The molecule has 0 fully saturated rings. The van der Waals surface area contributed by atoms with Gasteiger partial charge in [-0.05, 0) is 61.7 Å². The largest absolute Gasteiger partial charge is 0.497 e. The Kier molecular flexibility index (Phi) is 9.27. The summed E-state index contributed by atoms with van der Waals surface area (Å²) in [6.07, 6.45) is 3.17. The van der Waals surface area contributed by atoms with Gasteiger partial charge >= 0.3 is 0 Å². The maximum absolute atomic E-state index is 13.6. The van der Waals surface area contributed by atoms with E-state index < -0.39 is 10.0 Å². The van der Waals surface area contributed by atoms with Crippen LogP contribution in [0.5, 0.6) is 17.2 Å². The molecule has 0 saturated heterocycles. The smallest absolute Gasteiger partial charge is 0.243 e. The number of nitrogens with one attached hydrogen (secondary N) is 1. The molecule has 1 N–H and O–H groups in total. The van der Waals surface area contributed by atoms with Crippen molar-refractivity contribution in [1.29, 1.82) is 0 Å². The zero-order valence-corrected chi connectivity index (χ0v) is 23.6. The highest BCUT2D eigenvalue weighted by atomic mass is 32.2. The predicted octanol–water partition coefficient (Wildman–Crippen LogP) is 5.73. The predicted molar refractivity (Wildman–Crippen MR) is 154 cm³/mol. The highest BCUT2D eigenvalue weighted by molar-refractivity contribution is 7.89. The Balaban J connectivity index is 1.50. The molecule has 0 amide bonds. The Bertz CT molecular complexity index is 1500. The summed E-state index contributed by atoms with van der Waals surface area (Å²) in [5.41, 5.74) is 2.57. The number of nitrogens with zero attached hydrogens (tertiary/aromatic N) is 2. The number of methoxy groups -OCH3 is 3. The zero-order valence-electron chi connectivity index (χ0n) is 22.8. The van der Waals surface area contributed by atoms with Gasteiger partial charge < -0.3 is 19.5 Å². The fraction of sp³-hybridized carbons (Fsp3) is 0.300. The van der Waals surface area contributed by atoms with E-state index in [1.807, 2.05) is 42.5 Å². The van der Waals surface area contributed by atoms with Crippen LogP contribution in [0.25, 0.3) is 10.9 Å². The Labute approximate surface area is 230 Å². The van der Waals surface area contributed by atoms with Gasteiger partial charge in [-0.15, -0.1) is 0 Å². The van der Waals surface area contributed by atoms with Crippen LogP contribution in [0.2, 0.25) is 0 Å². The zero-order chi connectivity index (χ0) is 27.8. The first kappa shape index (κ1) is 28.2. The summed E-state index contributed by atoms with van der Waals surface area (Å²) in [6.45, 7) is 2.65. The molecule has 0 radical (unpaired) electrons. The molecule has 9 heteroatoms. The molecule has 39 heavy (non-hydrogen) atoms. The van der Waals surface area contributed by atoms with E-state index in [4.69, 9.17) is 14.2 Å². The van der Waals surface area contributed by atoms with Crippen molar-refractivity contribution in [3.8, 4) is 17.2 Å². The summed E-state index contributed by atoms with van der Waals surface area (Å²) in [5, 5.41) is 4.53. The van der Waals surface area contributed by atoms with Crippen LogP contribution in [-0.2, 0) is 16.6 Å². The summed E-state index contributed by atoms with van der Waals surface area (Å²) in [7, 11) is 1.07. The number of anilines is 1. The first-order valence-electron chi connectivity index (χ1n) is 12.8. The second-order valence-electron chi connectivity index (χ2n) is 9.28. The van der Waals surface area contributed by atoms with Crippen molar-refractivity contribution in [1.82, 2.24) is 9.29 Å². The van der Waals surface area contributed by atoms with Gasteiger partial charge in [0.05, 0.1) is 37.4 Å². The Morgan fingerprint density at radius 1 is 0.897 bits per heavy atom. The molecule has 0 saturated carbocycles. The molecule has 4 rings (SSSR count). The molecule has 1 atom stereocenters. The number of sulfonamides is 1. The first-order valence-corrected chi connectivity index (χ1v) is 14.2. The van der Waals surface area contributed by atoms with E-state index in [2.05, 4.69) is 17.2 Å². The minimum Gasteiger partial charge on any atom is -0.497 e. The van der Waals surface area contributed by atoms with E-state index >= 15 is 0 Å². The van der Waals surface area contributed by atoms with Gasteiger partial charge in [0.25, 0.3) is 0 Å². The minimum atomic E-state index is -3.71. The molecule has 1 aromatic heterocycles. The molecule has 0 aliphatic carbocycles. The van der Waals surface area contributed by atoms with Crippen LogP contribution < -0.4 is 19.5 Å². The van der Waals surface area contributed by atoms with E-state index in [-0.39, 0.29) is 17.5 Å². The van der Waals surface area contributed by atoms with Crippen molar-refractivity contribution < 1.29 is 22.6 Å². The van der Waals surface area contributed by atoms with Crippen molar-refractivity contribution in [2.45, 2.75) is 37.2 Å². The van der Waals surface area contributed by atoms with Gasteiger partial charge in [0.1, 0.15) is 5.75 Å². The highest BCUT2D eigenvalue weighted by Crippen LogP contribution is 2.30. The third-order valence-corrected chi connectivity index (χ3v) is 8.41. The van der Waals surface area contributed by atoms with Crippen LogP contribution >= 0.6 is 0 Å². The number of benzene rings is 3. The van der Waals surface area contributed by atoms with Crippen molar-refractivity contribution in [3.05, 3.63) is 84.6 Å². The number of pyridine rings is 1. The standard InChI is InChI=1S/C30H35N3O5S/c1-22(32-27-20-25(36-2)19-24-11-8-16-31-30(24)27)10-9-17-33(39(34,35)26-12-6-5-7-13-26)21-23-14-15-28(37-3)29(18-23)38-4/h5-8,11-16,18-20,22,32H,9-10,17,21H2,1-4H3. The molecule has 1 unspecified atom stereocenters. The second-order valence-corrected chi connectivity index (χ2v) is 11.2. The van der Waals surface area contributed by atoms with E-state index in [0.29, 0.717) is 24.5 Å². The summed E-state index contributed by atoms with van der Waals surface area (Å²) < 4.78 is 45.0. The average Bonchev–Trinajstić information content (AvgIpc) is 2.96. The lowest BCUT2D eigenvalue weighted by molar-refractivity contribution is 0.352. The van der Waals surface area contributed by atoms with Crippen LogP contribution in [-0.4, -0.2) is 51.6 Å². The number of hydrogen-bond acceptors (Lipinski definition) is 7. The molecule has 206 valence electrons. The summed E-state index contributed by atoms with van der Waals surface area (Å²) in [4.78, 5) is 4.80. The lowest BCUT2D eigenvalue weighted by atomic mass is 10.1. The maximum Gasteiger partial charge on any atom is 0.243 e. The van der Waals surface area contributed by atoms with Gasteiger partial charge in [0.15, 0.2) is 11.5 Å². The number of fused-ring (bicyclic) bond motifs is 1.